The number of pyridine rings is 2. The zero-order valence-corrected chi connectivity index (χ0v) is 14.9. The third kappa shape index (κ3) is 4.04. The van der Waals surface area contributed by atoms with E-state index >= 15 is 0 Å². The van der Waals surface area contributed by atoms with Crippen molar-refractivity contribution in [3.05, 3.63) is 53.6 Å². The molecule has 3 aromatic rings. The lowest BCUT2D eigenvalue weighted by Crippen LogP contribution is -2.32. The Bertz CT molecular complexity index is 988. The molecular weight excluding hydrogens is 385 g/mol. The number of aromatic nitrogens is 3. The fourth-order valence-electron chi connectivity index (χ4n) is 2.72. The van der Waals surface area contributed by atoms with Crippen LogP contribution >= 0.6 is 12.4 Å². The number of aliphatic carboxylic acids is 1. The molecule has 10 heteroatoms. The predicted molar refractivity (Wildman–Crippen MR) is 94.7 cm³/mol. The Morgan fingerprint density at radius 2 is 2.00 bits per heavy atom. The first-order chi connectivity index (χ1) is 12.2. The highest BCUT2D eigenvalue weighted by atomic mass is 35.5. The van der Waals surface area contributed by atoms with E-state index in [0.717, 1.165) is 6.07 Å². The number of fused-ring (bicyclic) bond motifs is 1. The second-order valence-corrected chi connectivity index (χ2v) is 5.85. The summed E-state index contributed by atoms with van der Waals surface area (Å²) < 4.78 is 41.7. The number of carboxylic acid groups (broad SMARTS) is 1. The summed E-state index contributed by atoms with van der Waals surface area (Å²) >= 11 is 0. The maximum absolute atomic E-state index is 13.4. The van der Waals surface area contributed by atoms with E-state index in [1.54, 1.807) is 13.1 Å². The molecule has 27 heavy (non-hydrogen) atoms. The van der Waals surface area contributed by atoms with Crippen molar-refractivity contribution in [2.24, 2.45) is 5.73 Å². The molecule has 0 saturated heterocycles. The van der Waals surface area contributed by atoms with Crippen molar-refractivity contribution >= 4 is 24.0 Å². The molecule has 144 valence electrons. The molecule has 0 fully saturated rings. The minimum Gasteiger partial charge on any atom is -0.480 e. The van der Waals surface area contributed by atoms with Crippen LogP contribution in [0.5, 0.6) is 0 Å². The molecule has 3 N–H and O–H groups in total. The van der Waals surface area contributed by atoms with E-state index < -0.39 is 23.8 Å². The topological polar surface area (TPSA) is 93.5 Å². The van der Waals surface area contributed by atoms with Crippen LogP contribution in [0.4, 0.5) is 13.2 Å². The zero-order chi connectivity index (χ0) is 19.1. The number of alkyl halides is 3. The molecule has 0 aliphatic carbocycles. The highest BCUT2D eigenvalue weighted by Gasteiger charge is 2.35. The van der Waals surface area contributed by atoms with Crippen LogP contribution in [0, 0.1) is 6.92 Å². The number of rotatable bonds is 4. The summed E-state index contributed by atoms with van der Waals surface area (Å²) in [5.41, 5.74) is 5.91. The predicted octanol–water partition coefficient (Wildman–Crippen LogP) is 3.10. The van der Waals surface area contributed by atoms with Crippen molar-refractivity contribution in [3.8, 4) is 11.3 Å². The van der Waals surface area contributed by atoms with Gasteiger partial charge in [0.1, 0.15) is 11.7 Å². The van der Waals surface area contributed by atoms with Gasteiger partial charge >= 0.3 is 12.1 Å². The van der Waals surface area contributed by atoms with Gasteiger partial charge in [-0.15, -0.1) is 12.4 Å². The first-order valence-corrected chi connectivity index (χ1v) is 7.67. The number of nitrogens with zero attached hydrogens (tertiary/aromatic N) is 3. The van der Waals surface area contributed by atoms with E-state index in [1.165, 1.54) is 28.8 Å². The molecule has 0 aliphatic heterocycles. The maximum atomic E-state index is 13.4. The number of carboxylic acids is 1. The van der Waals surface area contributed by atoms with Gasteiger partial charge in [-0.3, -0.25) is 9.78 Å². The Balaban J connectivity index is 0.00000261. The summed E-state index contributed by atoms with van der Waals surface area (Å²) in [5.74, 6) is -1.16. The number of aryl methyl sites for hydroxylation is 1. The first kappa shape index (κ1) is 20.7. The van der Waals surface area contributed by atoms with Crippen LogP contribution in [-0.4, -0.2) is 31.5 Å². The molecule has 1 unspecified atom stereocenters. The molecule has 1 atom stereocenters. The lowest BCUT2D eigenvalue weighted by Gasteiger charge is -2.15. The van der Waals surface area contributed by atoms with Crippen LogP contribution in [0.1, 0.15) is 17.0 Å². The Hall–Kier alpha value is -2.65. The van der Waals surface area contributed by atoms with Crippen molar-refractivity contribution in [2.45, 2.75) is 25.6 Å². The van der Waals surface area contributed by atoms with Gasteiger partial charge in [-0.25, -0.2) is 4.98 Å². The van der Waals surface area contributed by atoms with Crippen LogP contribution in [0.3, 0.4) is 0 Å². The normalized spacial score (nSPS) is 12.6. The SMILES string of the molecule is Cc1ccc(C(F)(F)F)c(-c2ccc(CC(N)C(=O)O)n3ccnc23)n1.Cl. The molecule has 0 aliphatic rings. The van der Waals surface area contributed by atoms with Crippen molar-refractivity contribution in [2.75, 3.05) is 0 Å². The van der Waals surface area contributed by atoms with E-state index in [0.29, 0.717) is 11.4 Å². The Labute approximate surface area is 158 Å². The summed E-state index contributed by atoms with van der Waals surface area (Å²) in [6.45, 7) is 1.60. The van der Waals surface area contributed by atoms with Gasteiger partial charge in [-0.1, -0.05) is 0 Å². The fraction of sp³-hybridized carbons (Fsp3) is 0.235. The summed E-state index contributed by atoms with van der Waals surface area (Å²) in [5, 5.41) is 8.97. The van der Waals surface area contributed by atoms with E-state index in [4.69, 9.17) is 10.8 Å². The summed E-state index contributed by atoms with van der Waals surface area (Å²) in [4.78, 5) is 19.2. The molecule has 0 aromatic carbocycles. The second-order valence-electron chi connectivity index (χ2n) is 5.85. The van der Waals surface area contributed by atoms with Crippen molar-refractivity contribution in [1.29, 1.82) is 0 Å². The number of hydrogen-bond acceptors (Lipinski definition) is 4. The minimum absolute atomic E-state index is 0. The van der Waals surface area contributed by atoms with Crippen molar-refractivity contribution in [3.63, 3.8) is 0 Å². The van der Waals surface area contributed by atoms with Crippen LogP contribution in [-0.2, 0) is 17.4 Å². The summed E-state index contributed by atoms with van der Waals surface area (Å²) in [7, 11) is 0. The summed E-state index contributed by atoms with van der Waals surface area (Å²) in [6, 6.07) is 4.16. The van der Waals surface area contributed by atoms with Crippen LogP contribution < -0.4 is 5.73 Å². The highest BCUT2D eigenvalue weighted by molar-refractivity contribution is 5.85. The molecule has 0 radical (unpaired) electrons. The zero-order valence-electron chi connectivity index (χ0n) is 14.1. The Kier molecular flexibility index (Phi) is 5.76. The van der Waals surface area contributed by atoms with Gasteiger partial charge in [0.2, 0.25) is 0 Å². The maximum Gasteiger partial charge on any atom is 0.418 e. The number of halogens is 4. The van der Waals surface area contributed by atoms with Gasteiger partial charge in [0, 0.05) is 35.8 Å². The molecule has 0 amide bonds. The van der Waals surface area contributed by atoms with Gasteiger partial charge in [-0.05, 0) is 31.2 Å². The summed E-state index contributed by atoms with van der Waals surface area (Å²) in [6.07, 6.45) is -1.58. The van der Waals surface area contributed by atoms with Gasteiger partial charge in [0.25, 0.3) is 0 Å². The van der Waals surface area contributed by atoms with E-state index in [2.05, 4.69) is 9.97 Å². The van der Waals surface area contributed by atoms with E-state index in [1.807, 2.05) is 0 Å². The average Bonchev–Trinajstić information content (AvgIpc) is 3.03. The lowest BCUT2D eigenvalue weighted by molar-refractivity contribution is -0.139. The van der Waals surface area contributed by atoms with Gasteiger partial charge in [0.15, 0.2) is 0 Å². The molecule has 3 rings (SSSR count). The number of imidazole rings is 1. The number of hydrogen-bond donors (Lipinski definition) is 2. The third-order valence-electron chi connectivity index (χ3n) is 3.97. The average molecular weight is 401 g/mol. The largest absolute Gasteiger partial charge is 0.480 e. The molecule has 0 bridgehead atoms. The Morgan fingerprint density at radius 3 is 2.63 bits per heavy atom. The van der Waals surface area contributed by atoms with Crippen molar-refractivity contribution in [1.82, 2.24) is 14.4 Å². The Morgan fingerprint density at radius 1 is 1.30 bits per heavy atom. The molecule has 0 spiro atoms. The smallest absolute Gasteiger partial charge is 0.418 e. The lowest BCUT2D eigenvalue weighted by atomic mass is 10.0. The highest BCUT2D eigenvalue weighted by Crippen LogP contribution is 2.37. The van der Waals surface area contributed by atoms with E-state index in [-0.39, 0.29) is 35.7 Å². The monoisotopic (exact) mass is 400 g/mol. The molecule has 6 nitrogen and oxygen atoms in total. The van der Waals surface area contributed by atoms with E-state index in [9.17, 15) is 18.0 Å². The molecule has 3 heterocycles. The van der Waals surface area contributed by atoms with Crippen molar-refractivity contribution < 1.29 is 23.1 Å². The van der Waals surface area contributed by atoms with Gasteiger partial charge in [0.05, 0.1) is 11.3 Å². The fourth-order valence-corrected chi connectivity index (χ4v) is 2.72. The quantitative estimate of drug-likeness (QED) is 0.702. The number of nitrogens with two attached hydrogens (primary N) is 1. The minimum atomic E-state index is -4.57. The van der Waals surface area contributed by atoms with Crippen LogP contribution in [0.2, 0.25) is 0 Å². The first-order valence-electron chi connectivity index (χ1n) is 7.67. The van der Waals surface area contributed by atoms with Gasteiger partial charge < -0.3 is 15.2 Å². The molecule has 3 aromatic heterocycles. The molecular formula is C17H16ClF3N4O2. The van der Waals surface area contributed by atoms with Crippen LogP contribution in [0.15, 0.2) is 36.7 Å². The molecule has 0 saturated carbocycles. The standard InChI is InChI=1S/C17H15F3N4O2.ClH/c1-9-2-5-12(17(18,19)20)14(23-9)11-4-3-10(8-13(21)16(25)26)24-7-6-22-15(11)24;/h2-7,13H,8,21H2,1H3,(H,25,26);1H. The number of carbonyl (C=O) groups is 1. The second kappa shape index (κ2) is 7.53. The van der Waals surface area contributed by atoms with Gasteiger partial charge in [-0.2, -0.15) is 13.2 Å². The third-order valence-corrected chi connectivity index (χ3v) is 3.97. The van der Waals surface area contributed by atoms with Crippen LogP contribution in [0.25, 0.3) is 16.9 Å².